The molecule has 0 amide bonds. The van der Waals surface area contributed by atoms with Crippen LogP contribution >= 0.6 is 11.6 Å². The lowest BCUT2D eigenvalue weighted by Gasteiger charge is -2.07. The van der Waals surface area contributed by atoms with Crippen LogP contribution in [0.5, 0.6) is 5.75 Å². The molecule has 122 valence electrons. The van der Waals surface area contributed by atoms with Crippen molar-refractivity contribution < 1.29 is 18.8 Å². The molecule has 0 atom stereocenters. The van der Waals surface area contributed by atoms with E-state index in [1.165, 1.54) is 0 Å². The summed E-state index contributed by atoms with van der Waals surface area (Å²) >= 11 is 5.78. The number of esters is 1. The maximum atomic E-state index is 11.6. The van der Waals surface area contributed by atoms with E-state index in [9.17, 15) is 4.79 Å². The lowest BCUT2D eigenvalue weighted by atomic mass is 10.3. The molecule has 1 aromatic carbocycles. The Kier molecular flexibility index (Phi) is 5.12. The zero-order chi connectivity index (χ0) is 16.1. The maximum Gasteiger partial charge on any atom is 0.306 e. The molecule has 0 N–H and O–H groups in total. The molecule has 7 heteroatoms. The third-order valence-corrected chi connectivity index (χ3v) is 3.65. The quantitative estimate of drug-likeness (QED) is 0.544. The fourth-order valence-electron chi connectivity index (χ4n) is 2.00. The van der Waals surface area contributed by atoms with E-state index in [2.05, 4.69) is 10.1 Å². The molecule has 0 unspecified atom stereocenters. The average Bonchev–Trinajstić information content (AvgIpc) is 3.30. The predicted molar refractivity (Wildman–Crippen MR) is 82.5 cm³/mol. The molecular formula is C16H17ClN2O4. The number of benzene rings is 1. The molecule has 1 aliphatic rings. The van der Waals surface area contributed by atoms with Gasteiger partial charge in [0.1, 0.15) is 19.0 Å². The Morgan fingerprint density at radius 2 is 2.04 bits per heavy atom. The van der Waals surface area contributed by atoms with E-state index in [0.717, 1.165) is 18.7 Å². The second-order valence-electron chi connectivity index (χ2n) is 5.34. The van der Waals surface area contributed by atoms with Gasteiger partial charge < -0.3 is 14.0 Å². The highest BCUT2D eigenvalue weighted by Crippen LogP contribution is 2.38. The molecule has 1 aliphatic carbocycles. The number of ether oxygens (including phenoxy) is 2. The third kappa shape index (κ3) is 4.96. The molecule has 2 aromatic rings. The fraction of sp³-hybridized carbons (Fsp3) is 0.438. The van der Waals surface area contributed by atoms with Gasteiger partial charge in [0.25, 0.3) is 0 Å². The number of carbonyl (C=O) groups is 1. The first-order valence-electron chi connectivity index (χ1n) is 7.57. The van der Waals surface area contributed by atoms with Gasteiger partial charge in [-0.3, -0.25) is 4.79 Å². The molecule has 1 aromatic heterocycles. The van der Waals surface area contributed by atoms with Crippen LogP contribution in [0.1, 0.15) is 36.9 Å². The number of aryl methyl sites for hydroxylation is 1. The van der Waals surface area contributed by atoms with Crippen molar-refractivity contribution in [3.8, 4) is 5.75 Å². The van der Waals surface area contributed by atoms with Crippen LogP contribution < -0.4 is 4.74 Å². The summed E-state index contributed by atoms with van der Waals surface area (Å²) < 4.78 is 15.6. The fourth-order valence-corrected chi connectivity index (χ4v) is 2.13. The van der Waals surface area contributed by atoms with Gasteiger partial charge >= 0.3 is 5.97 Å². The van der Waals surface area contributed by atoms with Crippen LogP contribution in [0.4, 0.5) is 0 Å². The van der Waals surface area contributed by atoms with Crippen LogP contribution in [-0.4, -0.2) is 29.3 Å². The number of nitrogens with zero attached hydrogens (tertiary/aromatic N) is 2. The number of hydrogen-bond donors (Lipinski definition) is 0. The van der Waals surface area contributed by atoms with E-state index in [1.54, 1.807) is 24.3 Å². The van der Waals surface area contributed by atoms with Crippen LogP contribution in [0.15, 0.2) is 28.8 Å². The summed E-state index contributed by atoms with van der Waals surface area (Å²) in [5.74, 6) is 2.07. The Labute approximate surface area is 138 Å². The van der Waals surface area contributed by atoms with Crippen molar-refractivity contribution in [1.82, 2.24) is 10.1 Å². The smallest absolute Gasteiger partial charge is 0.306 e. The van der Waals surface area contributed by atoms with E-state index in [1.807, 2.05) is 0 Å². The molecule has 6 nitrogen and oxygen atoms in total. The standard InChI is InChI=1S/C16H17ClN2O4/c17-12-3-5-13(6-4-12)21-9-10-22-15(20)8-7-14-18-16(19-23-14)11-1-2-11/h3-6,11H,1-2,7-10H2. The van der Waals surface area contributed by atoms with Crippen LogP contribution in [0.3, 0.4) is 0 Å². The molecule has 0 spiro atoms. The highest BCUT2D eigenvalue weighted by atomic mass is 35.5. The van der Waals surface area contributed by atoms with Crippen molar-refractivity contribution in [1.29, 1.82) is 0 Å². The summed E-state index contributed by atoms with van der Waals surface area (Å²) in [4.78, 5) is 15.9. The Hall–Kier alpha value is -2.08. The van der Waals surface area contributed by atoms with E-state index < -0.39 is 0 Å². The summed E-state index contributed by atoms with van der Waals surface area (Å²) in [6, 6.07) is 7.00. The van der Waals surface area contributed by atoms with Gasteiger partial charge in [-0.25, -0.2) is 0 Å². The van der Waals surface area contributed by atoms with E-state index >= 15 is 0 Å². The van der Waals surface area contributed by atoms with Crippen molar-refractivity contribution in [2.75, 3.05) is 13.2 Å². The summed E-state index contributed by atoms with van der Waals surface area (Å²) in [7, 11) is 0. The van der Waals surface area contributed by atoms with E-state index in [0.29, 0.717) is 35.6 Å². The highest BCUT2D eigenvalue weighted by molar-refractivity contribution is 6.30. The molecular weight excluding hydrogens is 320 g/mol. The Morgan fingerprint density at radius 1 is 1.26 bits per heavy atom. The molecule has 1 fully saturated rings. The first-order valence-corrected chi connectivity index (χ1v) is 7.95. The SMILES string of the molecule is O=C(CCc1nc(C2CC2)no1)OCCOc1ccc(Cl)cc1. The van der Waals surface area contributed by atoms with Crippen LogP contribution in [0.25, 0.3) is 0 Å². The minimum atomic E-state index is -0.309. The van der Waals surface area contributed by atoms with Gasteiger partial charge in [0, 0.05) is 17.4 Å². The Balaban J connectivity index is 1.30. The van der Waals surface area contributed by atoms with Gasteiger partial charge in [0.2, 0.25) is 5.89 Å². The van der Waals surface area contributed by atoms with E-state index in [-0.39, 0.29) is 19.0 Å². The van der Waals surface area contributed by atoms with Gasteiger partial charge in [-0.2, -0.15) is 4.98 Å². The molecule has 3 rings (SSSR count). The second kappa shape index (κ2) is 7.46. The van der Waals surface area contributed by atoms with Gasteiger partial charge in [-0.15, -0.1) is 0 Å². The number of aromatic nitrogens is 2. The highest BCUT2D eigenvalue weighted by Gasteiger charge is 2.28. The largest absolute Gasteiger partial charge is 0.490 e. The molecule has 0 saturated heterocycles. The van der Waals surface area contributed by atoms with Crippen molar-refractivity contribution in [3.63, 3.8) is 0 Å². The number of carbonyl (C=O) groups excluding carboxylic acids is 1. The van der Waals surface area contributed by atoms with Gasteiger partial charge in [0.15, 0.2) is 5.82 Å². The van der Waals surface area contributed by atoms with Gasteiger partial charge in [-0.05, 0) is 37.1 Å². The zero-order valence-corrected chi connectivity index (χ0v) is 13.3. The Morgan fingerprint density at radius 3 is 2.78 bits per heavy atom. The average molecular weight is 337 g/mol. The normalized spacial score (nSPS) is 13.8. The molecule has 0 bridgehead atoms. The first kappa shape index (κ1) is 15.8. The molecule has 1 saturated carbocycles. The minimum absolute atomic E-state index is 0.193. The summed E-state index contributed by atoms with van der Waals surface area (Å²) in [6.45, 7) is 0.484. The molecule has 0 radical (unpaired) electrons. The van der Waals surface area contributed by atoms with Crippen molar-refractivity contribution >= 4 is 17.6 Å². The maximum absolute atomic E-state index is 11.6. The number of halogens is 1. The monoisotopic (exact) mass is 336 g/mol. The summed E-state index contributed by atoms with van der Waals surface area (Å²) in [5.41, 5.74) is 0. The van der Waals surface area contributed by atoms with E-state index in [4.69, 9.17) is 25.6 Å². The van der Waals surface area contributed by atoms with Crippen LogP contribution in [0, 0.1) is 0 Å². The van der Waals surface area contributed by atoms with Gasteiger partial charge in [0.05, 0.1) is 6.42 Å². The zero-order valence-electron chi connectivity index (χ0n) is 12.5. The number of rotatable bonds is 8. The predicted octanol–water partition coefficient (Wildman–Crippen LogP) is 3.16. The summed E-state index contributed by atoms with van der Waals surface area (Å²) in [5, 5.41) is 4.55. The topological polar surface area (TPSA) is 74.5 Å². The molecule has 0 aliphatic heterocycles. The lowest BCUT2D eigenvalue weighted by Crippen LogP contribution is -2.12. The van der Waals surface area contributed by atoms with Crippen LogP contribution in [-0.2, 0) is 16.0 Å². The van der Waals surface area contributed by atoms with Crippen molar-refractivity contribution in [2.24, 2.45) is 0 Å². The van der Waals surface area contributed by atoms with Gasteiger partial charge in [-0.1, -0.05) is 16.8 Å². The molecule has 1 heterocycles. The van der Waals surface area contributed by atoms with Crippen molar-refractivity contribution in [3.05, 3.63) is 41.0 Å². The third-order valence-electron chi connectivity index (χ3n) is 3.40. The number of hydrogen-bond acceptors (Lipinski definition) is 6. The second-order valence-corrected chi connectivity index (χ2v) is 5.78. The lowest BCUT2D eigenvalue weighted by molar-refractivity contribution is -0.144. The first-order chi connectivity index (χ1) is 11.2. The van der Waals surface area contributed by atoms with Crippen molar-refractivity contribution in [2.45, 2.75) is 31.6 Å². The summed E-state index contributed by atoms with van der Waals surface area (Å²) in [6.07, 6.45) is 2.85. The Bertz CT molecular complexity index is 652. The van der Waals surface area contributed by atoms with Crippen LogP contribution in [0.2, 0.25) is 5.02 Å². The minimum Gasteiger partial charge on any atom is -0.490 e. The molecule has 23 heavy (non-hydrogen) atoms.